The van der Waals surface area contributed by atoms with E-state index in [1.165, 1.54) is 0 Å². The fourth-order valence-electron chi connectivity index (χ4n) is 0.952. The van der Waals surface area contributed by atoms with Gasteiger partial charge in [-0.1, -0.05) is 6.07 Å². The minimum atomic E-state index is 0. The van der Waals surface area contributed by atoms with Gasteiger partial charge in [0.05, 0.1) is 0 Å². The molecule has 0 N–H and O–H groups in total. The Morgan fingerprint density at radius 1 is 1.23 bits per heavy atom. The number of hydrogen-bond donors (Lipinski definition) is 0. The van der Waals surface area contributed by atoms with Gasteiger partial charge in [0.25, 0.3) is 0 Å². The largest absolute Gasteiger partial charge is 0.255 e. The molecule has 0 bridgehead atoms. The monoisotopic (exact) mass is 353 g/mol. The molecule has 0 aliphatic carbocycles. The van der Waals surface area contributed by atoms with Gasteiger partial charge >= 0.3 is 0 Å². The molecule has 0 fully saturated rings. The van der Waals surface area contributed by atoms with E-state index in [0.717, 1.165) is 5.69 Å². The molecule has 2 aromatic rings. The van der Waals surface area contributed by atoms with Crippen LogP contribution in [0.1, 0.15) is 0 Å². The van der Waals surface area contributed by atoms with Crippen molar-refractivity contribution in [3.05, 3.63) is 30.7 Å². The van der Waals surface area contributed by atoms with Crippen LogP contribution in [0, 0.1) is 0 Å². The Bertz CT molecular complexity index is 371. The molecule has 2 aromatic heterocycles. The van der Waals surface area contributed by atoms with E-state index < -0.39 is 0 Å². The molecule has 0 spiro atoms. The average molecular weight is 352 g/mol. The van der Waals surface area contributed by atoms with Crippen molar-refractivity contribution in [1.29, 1.82) is 0 Å². The summed E-state index contributed by atoms with van der Waals surface area (Å²) in [4.78, 5) is 8.20. The standard InChI is InChI=1S/C8H8N4.Ir/c1-12-6-10-8(11-12)7-4-2-3-5-9-7;/h2-6H,1H3;. The fraction of sp³-hybridized carbons (Fsp3) is 0.125. The molecule has 0 aromatic carbocycles. The van der Waals surface area contributed by atoms with E-state index >= 15 is 0 Å². The van der Waals surface area contributed by atoms with Crippen LogP contribution < -0.4 is 0 Å². The normalized spacial score (nSPS) is 9.31. The van der Waals surface area contributed by atoms with Gasteiger partial charge in [0.2, 0.25) is 0 Å². The van der Waals surface area contributed by atoms with E-state index in [-0.39, 0.29) is 20.1 Å². The molecule has 0 aliphatic heterocycles. The third kappa shape index (κ3) is 2.20. The predicted molar refractivity (Wildman–Crippen MR) is 44.2 cm³/mol. The number of nitrogens with zero attached hydrogens (tertiary/aromatic N) is 4. The zero-order valence-electron chi connectivity index (χ0n) is 7.01. The van der Waals surface area contributed by atoms with Gasteiger partial charge in [0.15, 0.2) is 5.82 Å². The van der Waals surface area contributed by atoms with Crippen molar-refractivity contribution in [3.8, 4) is 11.5 Å². The molecule has 0 unspecified atom stereocenters. The first-order valence-corrected chi connectivity index (χ1v) is 3.63. The number of pyridine rings is 1. The van der Waals surface area contributed by atoms with Crippen LogP contribution in [-0.2, 0) is 27.2 Å². The van der Waals surface area contributed by atoms with E-state index in [9.17, 15) is 0 Å². The van der Waals surface area contributed by atoms with Gasteiger partial charge in [-0.2, -0.15) is 0 Å². The Labute approximate surface area is 89.4 Å². The number of hydrogen-bond acceptors (Lipinski definition) is 3. The quantitative estimate of drug-likeness (QED) is 0.765. The molecule has 1 radical (unpaired) electrons. The third-order valence-corrected chi connectivity index (χ3v) is 1.49. The van der Waals surface area contributed by atoms with Crippen LogP contribution >= 0.6 is 0 Å². The molecule has 5 heteroatoms. The number of aromatic nitrogens is 4. The van der Waals surface area contributed by atoms with Crippen molar-refractivity contribution in [2.24, 2.45) is 7.05 Å². The minimum absolute atomic E-state index is 0. The first-order valence-electron chi connectivity index (χ1n) is 3.63. The van der Waals surface area contributed by atoms with Gasteiger partial charge in [-0.25, -0.2) is 4.98 Å². The Balaban J connectivity index is 0.000000845. The molecular weight excluding hydrogens is 344 g/mol. The second-order valence-corrected chi connectivity index (χ2v) is 2.46. The van der Waals surface area contributed by atoms with Crippen molar-refractivity contribution in [3.63, 3.8) is 0 Å². The molecule has 0 saturated carbocycles. The molecule has 0 amide bonds. The van der Waals surface area contributed by atoms with Crippen LogP contribution in [-0.4, -0.2) is 19.7 Å². The second kappa shape index (κ2) is 4.25. The molecule has 2 heterocycles. The summed E-state index contributed by atoms with van der Waals surface area (Å²) < 4.78 is 1.66. The molecule has 0 saturated heterocycles. The molecule has 0 atom stereocenters. The van der Waals surface area contributed by atoms with Crippen LogP contribution in [0.2, 0.25) is 0 Å². The molecule has 13 heavy (non-hydrogen) atoms. The number of rotatable bonds is 1. The molecule has 69 valence electrons. The van der Waals surface area contributed by atoms with Gasteiger partial charge in [-0.3, -0.25) is 9.67 Å². The summed E-state index contributed by atoms with van der Waals surface area (Å²) in [7, 11) is 1.83. The average Bonchev–Trinajstić information content (AvgIpc) is 2.54. The SMILES string of the molecule is Cn1cnc(-c2ccccn2)n1.[Ir]. The van der Waals surface area contributed by atoms with Gasteiger partial charge in [0.1, 0.15) is 12.0 Å². The van der Waals surface area contributed by atoms with E-state index in [0.29, 0.717) is 5.82 Å². The fourth-order valence-corrected chi connectivity index (χ4v) is 0.952. The second-order valence-electron chi connectivity index (χ2n) is 2.46. The van der Waals surface area contributed by atoms with Crippen molar-refractivity contribution < 1.29 is 20.1 Å². The minimum Gasteiger partial charge on any atom is -0.255 e. The summed E-state index contributed by atoms with van der Waals surface area (Å²) in [5, 5.41) is 4.12. The van der Waals surface area contributed by atoms with Crippen molar-refractivity contribution >= 4 is 0 Å². The summed E-state index contributed by atoms with van der Waals surface area (Å²) in [6.07, 6.45) is 3.38. The van der Waals surface area contributed by atoms with Crippen molar-refractivity contribution in [2.45, 2.75) is 0 Å². The Kier molecular flexibility index (Phi) is 3.28. The Hall–Kier alpha value is -1.06. The smallest absolute Gasteiger partial charge is 0.199 e. The van der Waals surface area contributed by atoms with Crippen LogP contribution in [0.5, 0.6) is 0 Å². The van der Waals surface area contributed by atoms with E-state index in [4.69, 9.17) is 0 Å². The van der Waals surface area contributed by atoms with Gasteiger partial charge in [0, 0.05) is 33.3 Å². The first kappa shape index (κ1) is 10.0. The summed E-state index contributed by atoms with van der Waals surface area (Å²) in [5.74, 6) is 0.665. The summed E-state index contributed by atoms with van der Waals surface area (Å²) >= 11 is 0. The zero-order valence-corrected chi connectivity index (χ0v) is 9.40. The topological polar surface area (TPSA) is 43.6 Å². The van der Waals surface area contributed by atoms with Crippen LogP contribution in [0.15, 0.2) is 30.7 Å². The van der Waals surface area contributed by atoms with E-state index in [1.807, 2.05) is 25.2 Å². The van der Waals surface area contributed by atoms with Gasteiger partial charge in [-0.15, -0.1) is 5.10 Å². The maximum atomic E-state index is 4.12. The molecule has 0 aliphatic rings. The van der Waals surface area contributed by atoms with E-state index in [2.05, 4.69) is 15.1 Å². The summed E-state index contributed by atoms with van der Waals surface area (Å²) in [6.45, 7) is 0. The summed E-state index contributed by atoms with van der Waals surface area (Å²) in [5.41, 5.74) is 0.804. The van der Waals surface area contributed by atoms with Crippen molar-refractivity contribution in [1.82, 2.24) is 19.7 Å². The Morgan fingerprint density at radius 3 is 2.62 bits per heavy atom. The van der Waals surface area contributed by atoms with Crippen LogP contribution in [0.3, 0.4) is 0 Å². The first-order chi connectivity index (χ1) is 5.86. The van der Waals surface area contributed by atoms with Crippen LogP contribution in [0.4, 0.5) is 0 Å². The number of aryl methyl sites for hydroxylation is 1. The molecule has 4 nitrogen and oxygen atoms in total. The summed E-state index contributed by atoms with van der Waals surface area (Å²) in [6, 6.07) is 5.67. The van der Waals surface area contributed by atoms with Gasteiger partial charge in [-0.05, 0) is 12.1 Å². The van der Waals surface area contributed by atoms with Crippen LogP contribution in [0.25, 0.3) is 11.5 Å². The molecular formula is C8H8IrN4. The van der Waals surface area contributed by atoms with E-state index in [1.54, 1.807) is 17.2 Å². The Morgan fingerprint density at radius 2 is 2.08 bits per heavy atom. The molecule has 2 rings (SSSR count). The van der Waals surface area contributed by atoms with Crippen molar-refractivity contribution in [2.75, 3.05) is 0 Å². The maximum absolute atomic E-state index is 4.12. The predicted octanol–water partition coefficient (Wildman–Crippen LogP) is 0.875. The third-order valence-electron chi connectivity index (χ3n) is 1.49. The zero-order chi connectivity index (χ0) is 8.39. The van der Waals surface area contributed by atoms with Gasteiger partial charge < -0.3 is 0 Å². The maximum Gasteiger partial charge on any atom is 0.199 e.